The zero-order valence-corrected chi connectivity index (χ0v) is 11.3. The number of nitrogen functional groups attached to an aromatic ring is 1. The van der Waals surface area contributed by atoms with Crippen molar-refractivity contribution in [3.63, 3.8) is 0 Å². The number of hydrogen-bond acceptors (Lipinski definition) is 3. The van der Waals surface area contributed by atoms with Gasteiger partial charge in [-0.1, -0.05) is 6.92 Å². The van der Waals surface area contributed by atoms with Gasteiger partial charge in [-0.05, 0) is 43.5 Å². The molecule has 0 aliphatic carbocycles. The van der Waals surface area contributed by atoms with Crippen LogP contribution in [0.15, 0.2) is 18.2 Å². The molecule has 5 nitrogen and oxygen atoms in total. The average molecular weight is 264 g/mol. The van der Waals surface area contributed by atoms with Gasteiger partial charge >= 0.3 is 5.97 Å². The number of carbonyl (C=O) groups is 2. The summed E-state index contributed by atoms with van der Waals surface area (Å²) in [4.78, 5) is 22.4. The van der Waals surface area contributed by atoms with E-state index in [2.05, 4.69) is 5.32 Å². The molecule has 1 rings (SSSR count). The molecule has 1 unspecified atom stereocenters. The second-order valence-electron chi connectivity index (χ2n) is 4.71. The van der Waals surface area contributed by atoms with Crippen LogP contribution in [0.4, 0.5) is 5.69 Å². The van der Waals surface area contributed by atoms with Crippen LogP contribution in [0.25, 0.3) is 0 Å². The van der Waals surface area contributed by atoms with Crippen molar-refractivity contribution in [1.82, 2.24) is 5.32 Å². The molecule has 4 N–H and O–H groups in total. The fraction of sp³-hybridized carbons (Fsp3) is 0.429. The van der Waals surface area contributed by atoms with Gasteiger partial charge < -0.3 is 16.2 Å². The first kappa shape index (κ1) is 15.0. The zero-order valence-electron chi connectivity index (χ0n) is 11.3. The Morgan fingerprint density at radius 3 is 2.68 bits per heavy atom. The molecule has 0 saturated heterocycles. The molecule has 0 aliphatic heterocycles. The number of anilines is 1. The largest absolute Gasteiger partial charge is 0.481 e. The standard InChI is InChI=1S/C14H20N2O3/c1-9(14(18)19)4-3-7-16-13(17)11-5-6-12(15)10(2)8-11/h5-6,8-9H,3-4,7,15H2,1-2H3,(H,16,17)(H,18,19). The smallest absolute Gasteiger partial charge is 0.306 e. The summed E-state index contributed by atoms with van der Waals surface area (Å²) in [5, 5.41) is 11.5. The predicted octanol–water partition coefficient (Wildman–Crippen LogP) is 1.81. The lowest BCUT2D eigenvalue weighted by Crippen LogP contribution is -2.25. The topological polar surface area (TPSA) is 92.4 Å². The van der Waals surface area contributed by atoms with Crippen molar-refractivity contribution in [3.8, 4) is 0 Å². The molecular formula is C14H20N2O3. The van der Waals surface area contributed by atoms with Gasteiger partial charge in [-0.25, -0.2) is 0 Å². The van der Waals surface area contributed by atoms with Crippen LogP contribution in [0.2, 0.25) is 0 Å². The van der Waals surface area contributed by atoms with Crippen LogP contribution in [0.3, 0.4) is 0 Å². The molecule has 1 aromatic rings. The van der Waals surface area contributed by atoms with Gasteiger partial charge in [0.25, 0.3) is 5.91 Å². The Morgan fingerprint density at radius 2 is 2.11 bits per heavy atom. The highest BCUT2D eigenvalue weighted by atomic mass is 16.4. The third-order valence-electron chi connectivity index (χ3n) is 3.05. The van der Waals surface area contributed by atoms with Gasteiger partial charge in [0.1, 0.15) is 0 Å². The summed E-state index contributed by atoms with van der Waals surface area (Å²) < 4.78 is 0. The Kier molecular flexibility index (Phi) is 5.36. The molecule has 0 radical (unpaired) electrons. The number of rotatable bonds is 6. The summed E-state index contributed by atoms with van der Waals surface area (Å²) in [6, 6.07) is 5.12. The number of amides is 1. The SMILES string of the molecule is Cc1cc(C(=O)NCCCC(C)C(=O)O)ccc1N. The maximum Gasteiger partial charge on any atom is 0.306 e. The summed E-state index contributed by atoms with van der Waals surface area (Å²) in [6.45, 7) is 3.98. The fourth-order valence-electron chi connectivity index (χ4n) is 1.65. The average Bonchev–Trinajstić information content (AvgIpc) is 2.37. The van der Waals surface area contributed by atoms with Gasteiger partial charge in [-0.2, -0.15) is 0 Å². The van der Waals surface area contributed by atoms with Crippen molar-refractivity contribution >= 4 is 17.6 Å². The third kappa shape index (κ3) is 4.62. The second-order valence-corrected chi connectivity index (χ2v) is 4.71. The Morgan fingerprint density at radius 1 is 1.42 bits per heavy atom. The van der Waals surface area contributed by atoms with Crippen LogP contribution in [0, 0.1) is 12.8 Å². The maximum atomic E-state index is 11.8. The highest BCUT2D eigenvalue weighted by molar-refractivity contribution is 5.94. The number of hydrogen-bond donors (Lipinski definition) is 3. The van der Waals surface area contributed by atoms with Gasteiger partial charge in [-0.15, -0.1) is 0 Å². The maximum absolute atomic E-state index is 11.8. The normalized spacial score (nSPS) is 11.9. The van der Waals surface area contributed by atoms with E-state index in [1.54, 1.807) is 25.1 Å². The van der Waals surface area contributed by atoms with E-state index >= 15 is 0 Å². The molecule has 0 bridgehead atoms. The van der Waals surface area contributed by atoms with Crippen LogP contribution in [0.1, 0.15) is 35.7 Å². The van der Waals surface area contributed by atoms with Crippen LogP contribution in [-0.4, -0.2) is 23.5 Å². The summed E-state index contributed by atoms with van der Waals surface area (Å²) in [7, 11) is 0. The number of aliphatic carboxylic acids is 1. The minimum absolute atomic E-state index is 0.161. The van der Waals surface area contributed by atoms with E-state index in [1.807, 2.05) is 6.92 Å². The highest BCUT2D eigenvalue weighted by Gasteiger charge is 2.10. The van der Waals surface area contributed by atoms with Crippen LogP contribution in [0.5, 0.6) is 0 Å². The molecule has 5 heteroatoms. The zero-order chi connectivity index (χ0) is 14.4. The van der Waals surface area contributed by atoms with Crippen molar-refractivity contribution in [2.75, 3.05) is 12.3 Å². The van der Waals surface area contributed by atoms with Crippen molar-refractivity contribution < 1.29 is 14.7 Å². The Labute approximate surface area is 112 Å². The van der Waals surface area contributed by atoms with E-state index in [0.29, 0.717) is 30.6 Å². The molecular weight excluding hydrogens is 244 g/mol. The molecule has 19 heavy (non-hydrogen) atoms. The quantitative estimate of drug-likeness (QED) is 0.539. The van der Waals surface area contributed by atoms with Crippen LogP contribution in [-0.2, 0) is 4.79 Å². The highest BCUT2D eigenvalue weighted by Crippen LogP contribution is 2.12. The van der Waals surface area contributed by atoms with Gasteiger partial charge in [0.15, 0.2) is 0 Å². The molecule has 1 atom stereocenters. The van der Waals surface area contributed by atoms with Crippen LogP contribution < -0.4 is 11.1 Å². The number of aryl methyl sites for hydroxylation is 1. The first-order valence-electron chi connectivity index (χ1n) is 6.29. The lowest BCUT2D eigenvalue weighted by molar-refractivity contribution is -0.141. The van der Waals surface area contributed by atoms with E-state index in [4.69, 9.17) is 10.8 Å². The molecule has 104 valence electrons. The van der Waals surface area contributed by atoms with E-state index < -0.39 is 5.97 Å². The number of carboxylic acids is 1. The monoisotopic (exact) mass is 264 g/mol. The number of carbonyl (C=O) groups excluding carboxylic acids is 1. The predicted molar refractivity (Wildman–Crippen MR) is 74.0 cm³/mol. The molecule has 0 fully saturated rings. The number of carboxylic acid groups (broad SMARTS) is 1. The number of nitrogens with one attached hydrogen (secondary N) is 1. The van der Waals surface area contributed by atoms with Gasteiger partial charge in [0.05, 0.1) is 5.92 Å². The van der Waals surface area contributed by atoms with Gasteiger partial charge in [0.2, 0.25) is 0 Å². The van der Waals surface area contributed by atoms with E-state index in [-0.39, 0.29) is 11.8 Å². The summed E-state index contributed by atoms with van der Waals surface area (Å²) >= 11 is 0. The minimum Gasteiger partial charge on any atom is -0.481 e. The summed E-state index contributed by atoms with van der Waals surface area (Å²) in [5.41, 5.74) is 7.78. The van der Waals surface area contributed by atoms with E-state index in [9.17, 15) is 9.59 Å². The Bertz CT molecular complexity index is 472. The van der Waals surface area contributed by atoms with Gasteiger partial charge in [0, 0.05) is 17.8 Å². The molecule has 0 spiro atoms. The molecule has 0 saturated carbocycles. The molecule has 1 aromatic carbocycles. The number of benzene rings is 1. The van der Waals surface area contributed by atoms with Crippen molar-refractivity contribution in [2.45, 2.75) is 26.7 Å². The molecule has 0 heterocycles. The summed E-state index contributed by atoms with van der Waals surface area (Å²) in [5.74, 6) is -1.35. The Balaban J connectivity index is 2.39. The lowest BCUT2D eigenvalue weighted by atomic mass is 10.1. The first-order chi connectivity index (χ1) is 8.91. The van der Waals surface area contributed by atoms with Crippen LogP contribution >= 0.6 is 0 Å². The third-order valence-corrected chi connectivity index (χ3v) is 3.05. The molecule has 0 aliphatic rings. The lowest BCUT2D eigenvalue weighted by Gasteiger charge is -2.08. The van der Waals surface area contributed by atoms with E-state index in [0.717, 1.165) is 5.56 Å². The molecule has 0 aromatic heterocycles. The first-order valence-corrected chi connectivity index (χ1v) is 6.29. The summed E-state index contributed by atoms with van der Waals surface area (Å²) in [6.07, 6.45) is 1.20. The van der Waals surface area contributed by atoms with Crippen molar-refractivity contribution in [3.05, 3.63) is 29.3 Å². The van der Waals surface area contributed by atoms with Gasteiger partial charge in [-0.3, -0.25) is 9.59 Å². The Hall–Kier alpha value is -2.04. The number of nitrogens with two attached hydrogens (primary N) is 1. The van der Waals surface area contributed by atoms with Crippen molar-refractivity contribution in [2.24, 2.45) is 5.92 Å². The fourth-order valence-corrected chi connectivity index (χ4v) is 1.65. The van der Waals surface area contributed by atoms with Crippen molar-refractivity contribution in [1.29, 1.82) is 0 Å². The van der Waals surface area contributed by atoms with E-state index in [1.165, 1.54) is 0 Å². The minimum atomic E-state index is -0.805. The second kappa shape index (κ2) is 6.78. The molecule has 1 amide bonds.